The molecule has 3 rings (SSSR count). The molecule has 0 atom stereocenters. The molecule has 0 unspecified atom stereocenters. The van der Waals surface area contributed by atoms with E-state index in [2.05, 4.69) is 21.0 Å². The fourth-order valence-electron chi connectivity index (χ4n) is 2.82. The van der Waals surface area contributed by atoms with Gasteiger partial charge in [-0.2, -0.15) is 5.10 Å². The Labute approximate surface area is 165 Å². The maximum atomic E-state index is 13.9. The van der Waals surface area contributed by atoms with Crippen molar-refractivity contribution in [2.24, 2.45) is 0 Å². The highest BCUT2D eigenvalue weighted by molar-refractivity contribution is 9.10. The van der Waals surface area contributed by atoms with Gasteiger partial charge in [0.05, 0.1) is 30.3 Å². The molecular weight excluding hydrogens is 413 g/mol. The van der Waals surface area contributed by atoms with Gasteiger partial charge < -0.3 is 9.64 Å². The number of carbonyl (C=O) groups is 1. The van der Waals surface area contributed by atoms with E-state index in [4.69, 9.17) is 4.74 Å². The molecule has 0 saturated heterocycles. The van der Waals surface area contributed by atoms with Gasteiger partial charge >= 0.3 is 0 Å². The maximum Gasteiger partial charge on any atom is 0.257 e. The number of benzene rings is 2. The molecule has 1 amide bonds. The third-order valence-corrected chi connectivity index (χ3v) is 4.82. The fourth-order valence-corrected chi connectivity index (χ4v) is 3.09. The summed E-state index contributed by atoms with van der Waals surface area (Å²) in [5.74, 6) is -0.443. The van der Waals surface area contributed by atoms with Gasteiger partial charge in [0.15, 0.2) is 11.6 Å². The number of nitrogens with zero attached hydrogens (tertiary/aromatic N) is 3. The number of amides is 1. The van der Waals surface area contributed by atoms with Gasteiger partial charge in [0, 0.05) is 18.1 Å². The third-order valence-electron chi connectivity index (χ3n) is 4.29. The first-order chi connectivity index (χ1) is 12.9. The van der Waals surface area contributed by atoms with Crippen LogP contribution < -0.4 is 4.74 Å². The second-order valence-corrected chi connectivity index (χ2v) is 7.08. The van der Waals surface area contributed by atoms with Crippen LogP contribution >= 0.6 is 15.9 Å². The zero-order valence-corrected chi connectivity index (χ0v) is 16.8. The number of halogens is 2. The Morgan fingerprint density at radius 2 is 1.96 bits per heavy atom. The smallest absolute Gasteiger partial charge is 0.257 e. The van der Waals surface area contributed by atoms with Crippen LogP contribution in [0, 0.1) is 12.7 Å². The lowest BCUT2D eigenvalue weighted by molar-refractivity contribution is 0.0784. The minimum atomic E-state index is -0.449. The summed E-state index contributed by atoms with van der Waals surface area (Å²) in [6.45, 7) is 2.13. The highest BCUT2D eigenvalue weighted by atomic mass is 79.9. The zero-order chi connectivity index (χ0) is 19.6. The Morgan fingerprint density at radius 1 is 1.26 bits per heavy atom. The lowest BCUT2D eigenvalue weighted by Gasteiger charge is -2.17. The highest BCUT2D eigenvalue weighted by Gasteiger charge is 2.19. The number of hydrogen-bond acceptors (Lipinski definition) is 3. The fraction of sp³-hybridized carbons (Fsp3) is 0.200. The van der Waals surface area contributed by atoms with Crippen molar-refractivity contribution in [2.75, 3.05) is 14.2 Å². The summed E-state index contributed by atoms with van der Waals surface area (Å²) in [7, 11) is 3.10. The molecule has 7 heteroatoms. The lowest BCUT2D eigenvalue weighted by Crippen LogP contribution is -2.26. The molecule has 0 aliphatic rings. The van der Waals surface area contributed by atoms with Gasteiger partial charge in [-0.25, -0.2) is 9.07 Å². The first-order valence-corrected chi connectivity index (χ1v) is 9.08. The summed E-state index contributed by atoms with van der Waals surface area (Å²) < 4.78 is 21.5. The second kappa shape index (κ2) is 7.92. The van der Waals surface area contributed by atoms with E-state index >= 15 is 0 Å². The van der Waals surface area contributed by atoms with E-state index in [1.54, 1.807) is 30.1 Å². The Morgan fingerprint density at radius 3 is 2.59 bits per heavy atom. The summed E-state index contributed by atoms with van der Waals surface area (Å²) in [5, 5.41) is 4.34. The van der Waals surface area contributed by atoms with Crippen molar-refractivity contribution >= 4 is 21.8 Å². The number of methoxy groups -OCH3 is 1. The molecule has 2 aromatic carbocycles. The molecule has 1 heterocycles. The van der Waals surface area contributed by atoms with Crippen LogP contribution in [0.4, 0.5) is 4.39 Å². The summed E-state index contributed by atoms with van der Waals surface area (Å²) in [4.78, 5) is 14.4. The van der Waals surface area contributed by atoms with Crippen molar-refractivity contribution in [3.8, 4) is 11.4 Å². The summed E-state index contributed by atoms with van der Waals surface area (Å²) in [5.41, 5.74) is 2.81. The highest BCUT2D eigenvalue weighted by Crippen LogP contribution is 2.21. The van der Waals surface area contributed by atoms with Crippen molar-refractivity contribution in [2.45, 2.75) is 13.5 Å². The average Bonchev–Trinajstić information content (AvgIpc) is 3.03. The minimum Gasteiger partial charge on any atom is -0.494 e. The Kier molecular flexibility index (Phi) is 5.60. The quantitative estimate of drug-likeness (QED) is 0.602. The standard InChI is InChI=1S/C20H19BrFN3O2/c1-13-17(11-23-25(13)16-7-5-15(21)6-8-16)20(26)24(2)12-14-4-9-19(27-3)18(22)10-14/h4-11H,12H2,1-3H3. The van der Waals surface area contributed by atoms with Gasteiger partial charge in [-0.15, -0.1) is 0 Å². The zero-order valence-electron chi connectivity index (χ0n) is 15.2. The van der Waals surface area contributed by atoms with E-state index < -0.39 is 5.82 Å². The minimum absolute atomic E-state index is 0.174. The molecular formula is C20H19BrFN3O2. The molecule has 0 bridgehead atoms. The molecule has 0 saturated carbocycles. The van der Waals surface area contributed by atoms with E-state index in [1.165, 1.54) is 18.1 Å². The first-order valence-electron chi connectivity index (χ1n) is 8.29. The van der Waals surface area contributed by atoms with Gasteiger partial charge in [0.2, 0.25) is 0 Å². The maximum absolute atomic E-state index is 13.9. The van der Waals surface area contributed by atoms with Crippen LogP contribution in [0.15, 0.2) is 53.1 Å². The van der Waals surface area contributed by atoms with E-state index in [-0.39, 0.29) is 18.2 Å². The van der Waals surface area contributed by atoms with E-state index in [0.29, 0.717) is 11.1 Å². The molecule has 27 heavy (non-hydrogen) atoms. The molecule has 0 aliphatic heterocycles. The number of carbonyl (C=O) groups excluding carboxylic acids is 1. The number of rotatable bonds is 5. The van der Waals surface area contributed by atoms with Gasteiger partial charge in [-0.1, -0.05) is 22.0 Å². The van der Waals surface area contributed by atoms with E-state index in [1.807, 2.05) is 31.2 Å². The largest absolute Gasteiger partial charge is 0.494 e. The molecule has 0 N–H and O–H groups in total. The average molecular weight is 432 g/mol. The molecule has 0 spiro atoms. The first kappa shape index (κ1) is 19.1. The molecule has 0 aliphatic carbocycles. The van der Waals surface area contributed by atoms with Crippen LogP contribution in [0.3, 0.4) is 0 Å². The summed E-state index contributed by atoms with van der Waals surface area (Å²) in [6.07, 6.45) is 1.56. The van der Waals surface area contributed by atoms with Crippen molar-refractivity contribution in [1.82, 2.24) is 14.7 Å². The Balaban J connectivity index is 1.79. The number of hydrogen-bond donors (Lipinski definition) is 0. The third kappa shape index (κ3) is 4.03. The van der Waals surface area contributed by atoms with Crippen molar-refractivity contribution in [3.63, 3.8) is 0 Å². The van der Waals surface area contributed by atoms with Crippen LogP contribution in [0.25, 0.3) is 5.69 Å². The van der Waals surface area contributed by atoms with Crippen LogP contribution in [0.1, 0.15) is 21.6 Å². The van der Waals surface area contributed by atoms with Crippen LogP contribution in [-0.2, 0) is 6.54 Å². The van der Waals surface area contributed by atoms with Gasteiger partial charge in [0.1, 0.15) is 0 Å². The van der Waals surface area contributed by atoms with Crippen LogP contribution in [0.2, 0.25) is 0 Å². The monoisotopic (exact) mass is 431 g/mol. The molecule has 140 valence electrons. The molecule has 1 aromatic heterocycles. The van der Waals surface area contributed by atoms with Gasteiger partial charge in [-0.05, 0) is 48.9 Å². The summed E-state index contributed by atoms with van der Waals surface area (Å²) in [6, 6.07) is 12.3. The van der Waals surface area contributed by atoms with Gasteiger partial charge in [-0.3, -0.25) is 4.79 Å². The van der Waals surface area contributed by atoms with Crippen molar-refractivity contribution < 1.29 is 13.9 Å². The lowest BCUT2D eigenvalue weighted by atomic mass is 10.1. The summed E-state index contributed by atoms with van der Waals surface area (Å²) >= 11 is 3.40. The Hall–Kier alpha value is -2.67. The van der Waals surface area contributed by atoms with E-state index in [0.717, 1.165) is 15.9 Å². The van der Waals surface area contributed by atoms with Crippen LogP contribution in [-0.4, -0.2) is 34.7 Å². The SMILES string of the molecule is COc1ccc(CN(C)C(=O)c2cnn(-c3ccc(Br)cc3)c2C)cc1F. The second-order valence-electron chi connectivity index (χ2n) is 6.16. The molecule has 0 fully saturated rings. The van der Waals surface area contributed by atoms with Crippen molar-refractivity contribution in [1.29, 1.82) is 0 Å². The van der Waals surface area contributed by atoms with E-state index in [9.17, 15) is 9.18 Å². The predicted octanol–water partition coefficient (Wildman–Crippen LogP) is 4.36. The van der Waals surface area contributed by atoms with Crippen molar-refractivity contribution in [3.05, 3.63) is 75.8 Å². The van der Waals surface area contributed by atoms with Gasteiger partial charge in [0.25, 0.3) is 5.91 Å². The molecule has 0 radical (unpaired) electrons. The van der Waals surface area contributed by atoms with Crippen LogP contribution in [0.5, 0.6) is 5.75 Å². The number of aromatic nitrogens is 2. The normalized spacial score (nSPS) is 10.7. The predicted molar refractivity (Wildman–Crippen MR) is 105 cm³/mol. The Bertz CT molecular complexity index is 970. The number of ether oxygens (including phenoxy) is 1. The molecule has 5 nitrogen and oxygen atoms in total. The molecule has 3 aromatic rings. The topological polar surface area (TPSA) is 47.4 Å².